The number of aromatic nitrogens is 2. The van der Waals surface area contributed by atoms with Crippen molar-refractivity contribution in [1.29, 1.82) is 0 Å². The van der Waals surface area contributed by atoms with Crippen LogP contribution in [0, 0.1) is 20.8 Å². The number of aliphatic imine (C=N–C) groups is 1. The van der Waals surface area contributed by atoms with Gasteiger partial charge in [-0.15, -0.1) is 0 Å². The van der Waals surface area contributed by atoms with Gasteiger partial charge in [0.2, 0.25) is 0 Å². The molecule has 0 aliphatic heterocycles. The second kappa shape index (κ2) is 8.96. The van der Waals surface area contributed by atoms with Gasteiger partial charge < -0.3 is 5.32 Å². The van der Waals surface area contributed by atoms with Crippen molar-refractivity contribution in [1.82, 2.24) is 9.38 Å². The lowest BCUT2D eigenvalue weighted by atomic mass is 10.1. The summed E-state index contributed by atoms with van der Waals surface area (Å²) in [5, 5.41) is 3.35. The monoisotopic (exact) mass is 410 g/mol. The van der Waals surface area contributed by atoms with Crippen LogP contribution in [0.25, 0.3) is 5.65 Å². The van der Waals surface area contributed by atoms with Crippen molar-refractivity contribution < 1.29 is 0 Å². The summed E-state index contributed by atoms with van der Waals surface area (Å²) in [6.07, 6.45) is 3.39. The molecule has 2 aromatic heterocycles. The van der Waals surface area contributed by atoms with Crippen LogP contribution in [0.4, 0.5) is 5.82 Å². The Balaban J connectivity index is 1.68. The number of hydrogen-bond acceptors (Lipinski definition) is 4. The Morgan fingerprint density at radius 3 is 2.26 bits per heavy atom. The number of nitrogens with one attached hydrogen (secondary N) is 1. The lowest BCUT2D eigenvalue weighted by Gasteiger charge is -2.12. The van der Waals surface area contributed by atoms with Gasteiger partial charge in [0.05, 0.1) is 6.54 Å². The van der Waals surface area contributed by atoms with Crippen LogP contribution in [-0.2, 0) is 13.1 Å². The van der Waals surface area contributed by atoms with Crippen molar-refractivity contribution in [3.63, 3.8) is 0 Å². The van der Waals surface area contributed by atoms with Crippen molar-refractivity contribution in [3.05, 3.63) is 111 Å². The highest BCUT2D eigenvalue weighted by Gasteiger charge is 2.12. The predicted molar refractivity (Wildman–Crippen MR) is 127 cm³/mol. The van der Waals surface area contributed by atoms with Crippen LogP contribution in [0.1, 0.15) is 33.4 Å². The predicted octanol–water partition coefficient (Wildman–Crippen LogP) is 4.85. The summed E-state index contributed by atoms with van der Waals surface area (Å²) in [4.78, 5) is 22.5. The molecule has 0 aliphatic carbocycles. The van der Waals surface area contributed by atoms with Crippen LogP contribution in [0.2, 0.25) is 0 Å². The Kier molecular flexibility index (Phi) is 5.94. The van der Waals surface area contributed by atoms with E-state index < -0.39 is 0 Å². The summed E-state index contributed by atoms with van der Waals surface area (Å²) in [7, 11) is 0. The molecule has 2 aromatic carbocycles. The molecule has 4 aromatic rings. The summed E-state index contributed by atoms with van der Waals surface area (Å²) >= 11 is 0. The zero-order chi connectivity index (χ0) is 21.8. The van der Waals surface area contributed by atoms with E-state index in [2.05, 4.69) is 72.7 Å². The molecule has 156 valence electrons. The largest absolute Gasteiger partial charge is 0.365 e. The van der Waals surface area contributed by atoms with Crippen LogP contribution in [0.3, 0.4) is 0 Å². The maximum Gasteiger partial charge on any atom is 0.268 e. The summed E-state index contributed by atoms with van der Waals surface area (Å²) in [6.45, 7) is 7.16. The third-order valence-corrected chi connectivity index (χ3v) is 5.28. The van der Waals surface area contributed by atoms with E-state index in [0.29, 0.717) is 30.1 Å². The molecule has 5 heteroatoms. The minimum atomic E-state index is -0.132. The number of fused-ring (bicyclic) bond motifs is 1. The molecule has 0 radical (unpaired) electrons. The van der Waals surface area contributed by atoms with E-state index >= 15 is 0 Å². The standard InChI is InChI=1S/C26H26N4O/c1-18-6-10-21(11-7-18)15-27-17-23-24(28-16-22-12-8-19(2)9-13-22)29-25-20(3)5-4-14-30(25)26(23)31/h4-14,17,28H,15-16H2,1-3H3. The molecule has 0 amide bonds. The Morgan fingerprint density at radius 2 is 1.58 bits per heavy atom. The molecule has 4 rings (SSSR count). The molecule has 0 spiro atoms. The lowest BCUT2D eigenvalue weighted by Crippen LogP contribution is -2.23. The Morgan fingerprint density at radius 1 is 0.935 bits per heavy atom. The number of aryl methyl sites for hydroxylation is 3. The van der Waals surface area contributed by atoms with Gasteiger partial charge in [-0.3, -0.25) is 14.2 Å². The molecule has 0 saturated heterocycles. The molecule has 5 nitrogen and oxygen atoms in total. The van der Waals surface area contributed by atoms with E-state index in [4.69, 9.17) is 4.98 Å². The smallest absolute Gasteiger partial charge is 0.268 e. The average molecular weight is 411 g/mol. The van der Waals surface area contributed by atoms with Crippen LogP contribution >= 0.6 is 0 Å². The summed E-state index contributed by atoms with van der Waals surface area (Å²) in [5.74, 6) is 0.549. The van der Waals surface area contributed by atoms with Crippen LogP contribution in [0.15, 0.2) is 76.6 Å². The van der Waals surface area contributed by atoms with Gasteiger partial charge in [0, 0.05) is 19.0 Å². The van der Waals surface area contributed by atoms with E-state index in [1.807, 2.05) is 19.1 Å². The van der Waals surface area contributed by atoms with Crippen molar-refractivity contribution in [2.75, 3.05) is 5.32 Å². The molecule has 0 bridgehead atoms. The van der Waals surface area contributed by atoms with Gasteiger partial charge in [-0.1, -0.05) is 65.7 Å². The van der Waals surface area contributed by atoms with Crippen molar-refractivity contribution in [2.45, 2.75) is 33.9 Å². The van der Waals surface area contributed by atoms with Gasteiger partial charge in [-0.2, -0.15) is 0 Å². The summed E-state index contributed by atoms with van der Waals surface area (Å²) < 4.78 is 1.58. The van der Waals surface area contributed by atoms with Gasteiger partial charge >= 0.3 is 0 Å². The van der Waals surface area contributed by atoms with Gasteiger partial charge in [0.1, 0.15) is 17.0 Å². The lowest BCUT2D eigenvalue weighted by molar-refractivity contribution is 1.00. The molecule has 2 heterocycles. The van der Waals surface area contributed by atoms with Crippen LogP contribution < -0.4 is 10.9 Å². The first kappa shape index (κ1) is 20.5. The SMILES string of the molecule is Cc1ccc(CN=Cc2c(NCc3ccc(C)cc3)nc3c(C)cccn3c2=O)cc1. The number of benzene rings is 2. The minimum Gasteiger partial charge on any atom is -0.365 e. The molecule has 0 saturated carbocycles. The first-order valence-electron chi connectivity index (χ1n) is 10.4. The Labute approximate surface area is 182 Å². The van der Waals surface area contributed by atoms with Crippen molar-refractivity contribution in [2.24, 2.45) is 4.99 Å². The zero-order valence-corrected chi connectivity index (χ0v) is 18.1. The summed E-state index contributed by atoms with van der Waals surface area (Å²) in [5.41, 5.74) is 6.57. The Bertz CT molecular complexity index is 1290. The average Bonchev–Trinajstić information content (AvgIpc) is 2.77. The minimum absolute atomic E-state index is 0.132. The fraction of sp³-hybridized carbons (Fsp3) is 0.192. The fourth-order valence-electron chi connectivity index (χ4n) is 3.39. The maximum absolute atomic E-state index is 13.2. The Hall–Kier alpha value is -3.73. The first-order valence-corrected chi connectivity index (χ1v) is 10.4. The van der Waals surface area contributed by atoms with E-state index in [0.717, 1.165) is 16.7 Å². The third-order valence-electron chi connectivity index (χ3n) is 5.28. The van der Waals surface area contributed by atoms with Crippen LogP contribution in [-0.4, -0.2) is 15.6 Å². The highest BCUT2D eigenvalue weighted by atomic mass is 16.1. The summed E-state index contributed by atoms with van der Waals surface area (Å²) in [6, 6.07) is 20.4. The molecular formula is C26H26N4O. The fourth-order valence-corrected chi connectivity index (χ4v) is 3.39. The number of nitrogens with zero attached hydrogens (tertiary/aromatic N) is 3. The second-order valence-corrected chi connectivity index (χ2v) is 7.86. The number of hydrogen-bond donors (Lipinski definition) is 1. The molecule has 0 aliphatic rings. The normalized spacial score (nSPS) is 11.3. The van der Waals surface area contributed by atoms with Gasteiger partial charge in [0.15, 0.2) is 0 Å². The van der Waals surface area contributed by atoms with Crippen LogP contribution in [0.5, 0.6) is 0 Å². The molecule has 0 fully saturated rings. The van der Waals surface area contributed by atoms with E-state index in [1.54, 1.807) is 16.8 Å². The molecule has 0 unspecified atom stereocenters. The van der Waals surface area contributed by atoms with E-state index in [9.17, 15) is 4.79 Å². The maximum atomic E-state index is 13.2. The molecule has 0 atom stereocenters. The third kappa shape index (κ3) is 4.72. The number of rotatable bonds is 6. The van der Waals surface area contributed by atoms with Crippen molar-refractivity contribution in [3.8, 4) is 0 Å². The van der Waals surface area contributed by atoms with E-state index in [1.165, 1.54) is 11.1 Å². The molecular weight excluding hydrogens is 384 g/mol. The van der Waals surface area contributed by atoms with Gasteiger partial charge in [0.25, 0.3) is 5.56 Å². The number of anilines is 1. The first-order chi connectivity index (χ1) is 15.0. The second-order valence-electron chi connectivity index (χ2n) is 7.86. The van der Waals surface area contributed by atoms with Crippen molar-refractivity contribution >= 4 is 17.7 Å². The highest BCUT2D eigenvalue weighted by molar-refractivity contribution is 5.86. The molecule has 31 heavy (non-hydrogen) atoms. The zero-order valence-electron chi connectivity index (χ0n) is 18.1. The quantitative estimate of drug-likeness (QED) is 0.462. The highest BCUT2D eigenvalue weighted by Crippen LogP contribution is 2.14. The van der Waals surface area contributed by atoms with E-state index in [-0.39, 0.29) is 5.56 Å². The van der Waals surface area contributed by atoms with Gasteiger partial charge in [-0.05, 0) is 43.5 Å². The van der Waals surface area contributed by atoms with Gasteiger partial charge in [-0.25, -0.2) is 4.98 Å². The number of pyridine rings is 1. The topological polar surface area (TPSA) is 58.8 Å². The molecule has 1 N–H and O–H groups in total.